The van der Waals surface area contributed by atoms with Gasteiger partial charge in [0.2, 0.25) is 5.91 Å². The van der Waals surface area contributed by atoms with Crippen LogP contribution in [0.2, 0.25) is 5.02 Å². The van der Waals surface area contributed by atoms with E-state index in [2.05, 4.69) is 0 Å². The first-order valence-electron chi connectivity index (χ1n) is 11.1. The smallest absolute Gasteiger partial charge is 0.338 e. The van der Waals surface area contributed by atoms with Crippen LogP contribution in [0, 0.1) is 12.7 Å². The molecule has 3 aromatic rings. The van der Waals surface area contributed by atoms with Crippen molar-refractivity contribution in [2.45, 2.75) is 30.6 Å². The van der Waals surface area contributed by atoms with Gasteiger partial charge in [-0.25, -0.2) is 9.18 Å². The topological polar surface area (TPSA) is 46.6 Å². The first kappa shape index (κ1) is 22.9. The van der Waals surface area contributed by atoms with Gasteiger partial charge in [-0.15, -0.1) is 11.8 Å². The Bertz CT molecular complexity index is 1240. The molecule has 1 atom stereocenters. The lowest BCUT2D eigenvalue weighted by atomic mass is 9.97. The number of nitrogens with zero attached hydrogens (tertiary/aromatic N) is 1. The molecule has 1 saturated carbocycles. The number of ether oxygens (including phenoxy) is 1. The lowest BCUT2D eigenvalue weighted by Crippen LogP contribution is -2.28. The minimum atomic E-state index is -0.382. The first-order valence-corrected chi connectivity index (χ1v) is 12.5. The molecule has 34 heavy (non-hydrogen) atoms. The zero-order valence-electron chi connectivity index (χ0n) is 18.6. The number of rotatable bonds is 6. The number of carbonyl (C=O) groups is 2. The van der Waals surface area contributed by atoms with Crippen LogP contribution >= 0.6 is 23.4 Å². The molecule has 3 aromatic carbocycles. The van der Waals surface area contributed by atoms with E-state index >= 15 is 0 Å². The molecule has 0 bridgehead atoms. The van der Waals surface area contributed by atoms with E-state index in [1.165, 1.54) is 23.9 Å². The second-order valence-corrected chi connectivity index (χ2v) is 10.3. The Morgan fingerprint density at radius 1 is 1.12 bits per heavy atom. The second kappa shape index (κ2) is 9.08. The fourth-order valence-electron chi connectivity index (χ4n) is 4.37. The summed E-state index contributed by atoms with van der Waals surface area (Å²) in [4.78, 5) is 27.2. The predicted molar refractivity (Wildman–Crippen MR) is 133 cm³/mol. The summed E-state index contributed by atoms with van der Waals surface area (Å²) in [6, 6.07) is 19.2. The maximum absolute atomic E-state index is 13.4. The van der Waals surface area contributed by atoms with E-state index in [0.29, 0.717) is 22.9 Å². The Morgan fingerprint density at radius 3 is 2.47 bits per heavy atom. The lowest BCUT2D eigenvalue weighted by Gasteiger charge is -2.26. The third-order valence-electron chi connectivity index (χ3n) is 6.50. The van der Waals surface area contributed by atoms with Gasteiger partial charge in [-0.2, -0.15) is 0 Å². The van der Waals surface area contributed by atoms with Gasteiger partial charge in [-0.3, -0.25) is 9.69 Å². The van der Waals surface area contributed by atoms with E-state index in [0.717, 1.165) is 35.2 Å². The third kappa shape index (κ3) is 4.44. The molecule has 1 unspecified atom stereocenters. The summed E-state index contributed by atoms with van der Waals surface area (Å²) in [5.41, 5.74) is 3.85. The maximum atomic E-state index is 13.4. The highest BCUT2D eigenvalue weighted by Gasteiger charge is 2.45. The minimum absolute atomic E-state index is 0.0172. The number of benzene rings is 3. The van der Waals surface area contributed by atoms with Crippen LogP contribution in [0.3, 0.4) is 0 Å². The van der Waals surface area contributed by atoms with Crippen molar-refractivity contribution in [3.05, 3.63) is 99.8 Å². The molecule has 1 saturated heterocycles. The molecule has 2 fully saturated rings. The van der Waals surface area contributed by atoms with Crippen molar-refractivity contribution >= 4 is 40.9 Å². The highest BCUT2D eigenvalue weighted by Crippen LogP contribution is 2.48. The van der Waals surface area contributed by atoms with Crippen molar-refractivity contribution in [3.63, 3.8) is 0 Å². The van der Waals surface area contributed by atoms with E-state index in [1.807, 2.05) is 31.2 Å². The van der Waals surface area contributed by atoms with E-state index in [-0.39, 0.29) is 28.5 Å². The molecule has 1 heterocycles. The number of amides is 1. The number of halogens is 2. The second-order valence-electron chi connectivity index (χ2n) is 8.84. The van der Waals surface area contributed by atoms with Crippen LogP contribution in [0.5, 0.6) is 0 Å². The van der Waals surface area contributed by atoms with Gasteiger partial charge in [0.25, 0.3) is 0 Å². The molecule has 0 N–H and O–H groups in total. The lowest BCUT2D eigenvalue weighted by molar-refractivity contribution is -0.115. The number of anilines is 1. The first-order chi connectivity index (χ1) is 16.4. The highest BCUT2D eigenvalue weighted by molar-refractivity contribution is 8.00. The zero-order chi connectivity index (χ0) is 23.9. The molecule has 174 valence electrons. The van der Waals surface area contributed by atoms with Gasteiger partial charge in [0.05, 0.1) is 11.3 Å². The van der Waals surface area contributed by atoms with Gasteiger partial charge in [0.15, 0.2) is 0 Å². The Hall–Kier alpha value is -2.83. The number of carbonyl (C=O) groups excluding carboxylic acids is 2. The highest BCUT2D eigenvalue weighted by atomic mass is 35.5. The van der Waals surface area contributed by atoms with Crippen LogP contribution in [-0.2, 0) is 14.9 Å². The van der Waals surface area contributed by atoms with Gasteiger partial charge >= 0.3 is 5.97 Å². The molecule has 1 aliphatic carbocycles. The quantitative estimate of drug-likeness (QED) is 0.368. The Balaban J connectivity index is 1.31. The van der Waals surface area contributed by atoms with Gasteiger partial charge in [0.1, 0.15) is 17.8 Å². The molecule has 0 aromatic heterocycles. The standard InChI is InChI=1S/C27H23ClFNO3S/c1-17-14-19(26(32)33-16-27(12-13-27)20-5-7-21(28)8-6-20)4-11-23(17)30-24(31)15-34-25(30)18-2-9-22(29)10-3-18/h2-11,14,25H,12-13,15-16H2,1H3. The molecule has 1 amide bonds. The van der Waals surface area contributed by atoms with Gasteiger partial charge in [-0.05, 0) is 78.9 Å². The van der Waals surface area contributed by atoms with Crippen LogP contribution in [0.4, 0.5) is 10.1 Å². The van der Waals surface area contributed by atoms with Crippen LogP contribution in [0.1, 0.15) is 45.3 Å². The summed E-state index contributed by atoms with van der Waals surface area (Å²) in [6.07, 6.45) is 1.94. The molecular formula is C27H23ClFNO3S. The van der Waals surface area contributed by atoms with E-state index in [4.69, 9.17) is 16.3 Å². The summed E-state index contributed by atoms with van der Waals surface area (Å²) in [5, 5.41) is 0.447. The Labute approximate surface area is 207 Å². The minimum Gasteiger partial charge on any atom is -0.461 e. The predicted octanol–water partition coefficient (Wildman–Crippen LogP) is 6.45. The maximum Gasteiger partial charge on any atom is 0.338 e. The van der Waals surface area contributed by atoms with E-state index in [9.17, 15) is 14.0 Å². The zero-order valence-corrected chi connectivity index (χ0v) is 20.2. The van der Waals surface area contributed by atoms with Crippen LogP contribution in [0.25, 0.3) is 0 Å². The van der Waals surface area contributed by atoms with E-state index < -0.39 is 0 Å². The van der Waals surface area contributed by atoms with Gasteiger partial charge in [0, 0.05) is 16.1 Å². The molecule has 0 spiro atoms. The van der Waals surface area contributed by atoms with Crippen LogP contribution in [-0.4, -0.2) is 24.2 Å². The molecule has 5 rings (SSSR count). The summed E-state index contributed by atoms with van der Waals surface area (Å²) in [6.45, 7) is 2.20. The van der Waals surface area contributed by atoms with Gasteiger partial charge in [-0.1, -0.05) is 35.9 Å². The average Bonchev–Trinajstić information content (AvgIpc) is 3.53. The van der Waals surface area contributed by atoms with E-state index in [1.54, 1.807) is 35.2 Å². The number of hydrogen-bond acceptors (Lipinski definition) is 4. The summed E-state index contributed by atoms with van der Waals surface area (Å²) in [7, 11) is 0. The monoisotopic (exact) mass is 495 g/mol. The largest absolute Gasteiger partial charge is 0.461 e. The Morgan fingerprint density at radius 2 is 1.82 bits per heavy atom. The van der Waals surface area contributed by atoms with Crippen LogP contribution < -0.4 is 4.90 Å². The normalized spacial score (nSPS) is 18.7. The molecule has 4 nitrogen and oxygen atoms in total. The number of esters is 1. The number of thioether (sulfide) groups is 1. The van der Waals surface area contributed by atoms with Crippen molar-refractivity contribution in [2.75, 3.05) is 17.3 Å². The van der Waals surface area contributed by atoms with Crippen molar-refractivity contribution in [1.29, 1.82) is 0 Å². The molecule has 7 heteroatoms. The van der Waals surface area contributed by atoms with Crippen molar-refractivity contribution < 1.29 is 18.7 Å². The van der Waals surface area contributed by atoms with Crippen molar-refractivity contribution in [2.24, 2.45) is 0 Å². The SMILES string of the molecule is Cc1cc(C(=O)OCC2(c3ccc(Cl)cc3)CC2)ccc1N1C(=O)CSC1c1ccc(F)cc1. The fraction of sp³-hybridized carbons (Fsp3) is 0.259. The average molecular weight is 496 g/mol. The van der Waals surface area contributed by atoms with Crippen molar-refractivity contribution in [1.82, 2.24) is 0 Å². The third-order valence-corrected chi connectivity index (χ3v) is 7.97. The number of hydrogen-bond donors (Lipinski definition) is 0. The molecule has 2 aliphatic rings. The summed E-state index contributed by atoms with van der Waals surface area (Å²) in [5.74, 6) is -0.367. The summed E-state index contributed by atoms with van der Waals surface area (Å²) < 4.78 is 19.1. The van der Waals surface area contributed by atoms with Crippen molar-refractivity contribution in [3.8, 4) is 0 Å². The van der Waals surface area contributed by atoms with Crippen LogP contribution in [0.15, 0.2) is 66.7 Å². The molecule has 0 radical (unpaired) electrons. The summed E-state index contributed by atoms with van der Waals surface area (Å²) >= 11 is 7.50. The molecule has 1 aliphatic heterocycles. The fourth-order valence-corrected chi connectivity index (χ4v) is 5.66. The molecular weight excluding hydrogens is 473 g/mol. The number of aryl methyl sites for hydroxylation is 1. The van der Waals surface area contributed by atoms with Gasteiger partial charge < -0.3 is 4.74 Å². The Kier molecular flexibility index (Phi) is 6.13.